The lowest BCUT2D eigenvalue weighted by Crippen LogP contribution is -2.56. The van der Waals surface area contributed by atoms with Crippen LogP contribution in [0.3, 0.4) is 0 Å². The molecule has 0 amide bonds. The Hall–Kier alpha value is -2.49. The lowest BCUT2D eigenvalue weighted by Gasteiger charge is -2.40. The quantitative estimate of drug-likeness (QED) is 0.394. The van der Waals surface area contributed by atoms with Crippen LogP contribution in [0.2, 0.25) is 0 Å². The first-order valence-corrected chi connectivity index (χ1v) is 13.3. The number of aliphatic hydroxyl groups excluding tert-OH is 1. The van der Waals surface area contributed by atoms with Crippen molar-refractivity contribution in [3.8, 4) is 0 Å². The number of nitrogens with one attached hydrogen (secondary N) is 1. The smallest absolute Gasteiger partial charge is 0.269 e. The molecule has 2 unspecified atom stereocenters. The average Bonchev–Trinajstić information content (AvgIpc) is 2.87. The van der Waals surface area contributed by atoms with E-state index in [-0.39, 0.29) is 10.6 Å². The van der Waals surface area contributed by atoms with Gasteiger partial charge in [-0.25, -0.2) is 13.1 Å². The highest BCUT2D eigenvalue weighted by molar-refractivity contribution is 7.89. The van der Waals surface area contributed by atoms with Gasteiger partial charge in [-0.3, -0.25) is 10.1 Å². The molecule has 9 heteroatoms. The zero-order valence-electron chi connectivity index (χ0n) is 20.3. The first-order valence-electron chi connectivity index (χ1n) is 11.8. The van der Waals surface area contributed by atoms with Crippen molar-refractivity contribution in [1.29, 1.82) is 0 Å². The van der Waals surface area contributed by atoms with Crippen LogP contribution in [-0.4, -0.2) is 44.2 Å². The van der Waals surface area contributed by atoms with Gasteiger partial charge >= 0.3 is 0 Å². The minimum Gasteiger partial charge on any atom is -0.390 e. The molecule has 2 atom stereocenters. The zero-order chi connectivity index (χ0) is 25.1. The van der Waals surface area contributed by atoms with Crippen LogP contribution >= 0.6 is 0 Å². The van der Waals surface area contributed by atoms with Crippen molar-refractivity contribution in [2.75, 3.05) is 19.0 Å². The fraction of sp³-hybridized carbons (Fsp3) is 0.520. The first kappa shape index (κ1) is 26.1. The number of aliphatic hydroxyl groups is 1. The number of sulfonamides is 1. The van der Waals surface area contributed by atoms with E-state index in [0.717, 1.165) is 31.4 Å². The van der Waals surface area contributed by atoms with Gasteiger partial charge in [0.05, 0.1) is 21.5 Å². The summed E-state index contributed by atoms with van der Waals surface area (Å²) in [6, 6.07) is 11.2. The monoisotopic (exact) mass is 489 g/mol. The molecule has 2 aromatic carbocycles. The van der Waals surface area contributed by atoms with Crippen molar-refractivity contribution in [1.82, 2.24) is 4.72 Å². The molecule has 186 valence electrons. The Morgan fingerprint density at radius 1 is 1.09 bits per heavy atom. The fourth-order valence-electron chi connectivity index (χ4n) is 4.87. The van der Waals surface area contributed by atoms with Crippen LogP contribution in [0.4, 0.5) is 11.4 Å². The highest BCUT2D eigenvalue weighted by Crippen LogP contribution is 2.45. The number of non-ortho nitro benzene ring substituents is 1. The van der Waals surface area contributed by atoms with Gasteiger partial charge in [0.2, 0.25) is 10.0 Å². The molecule has 0 bridgehead atoms. The number of unbranched alkanes of at least 4 members (excludes halogenated alkanes) is 2. The molecule has 2 N–H and O–H groups in total. The summed E-state index contributed by atoms with van der Waals surface area (Å²) >= 11 is 0. The molecule has 0 spiro atoms. The van der Waals surface area contributed by atoms with Crippen molar-refractivity contribution in [3.05, 3.63) is 63.7 Å². The third kappa shape index (κ3) is 5.11. The van der Waals surface area contributed by atoms with Crippen molar-refractivity contribution < 1.29 is 18.4 Å². The molecular weight excluding hydrogens is 454 g/mol. The van der Waals surface area contributed by atoms with E-state index in [4.69, 9.17) is 0 Å². The molecular formula is C25H35N3O5S. The number of hydrogen-bond donors (Lipinski definition) is 2. The largest absolute Gasteiger partial charge is 0.390 e. The molecule has 0 fully saturated rings. The number of benzene rings is 2. The van der Waals surface area contributed by atoms with Gasteiger partial charge in [0.15, 0.2) is 0 Å². The Bertz CT molecular complexity index is 1130. The highest BCUT2D eigenvalue weighted by Gasteiger charge is 2.49. The molecule has 2 aromatic rings. The van der Waals surface area contributed by atoms with Crippen LogP contribution in [-0.2, 0) is 10.0 Å². The summed E-state index contributed by atoms with van der Waals surface area (Å²) in [5.74, 6) is -0.756. The van der Waals surface area contributed by atoms with Crippen molar-refractivity contribution in [2.24, 2.45) is 0 Å². The number of nitro benzene ring substituents is 1. The number of fused-ring (bicyclic) bond motifs is 1. The summed E-state index contributed by atoms with van der Waals surface area (Å²) in [6.07, 6.45) is 3.02. The second kappa shape index (κ2) is 10.4. The molecule has 8 nitrogen and oxygen atoms in total. The molecule has 3 rings (SSSR count). The second-order valence-corrected chi connectivity index (χ2v) is 11.0. The molecule has 0 radical (unpaired) electrons. The van der Waals surface area contributed by atoms with Crippen LogP contribution in [0.5, 0.6) is 0 Å². The van der Waals surface area contributed by atoms with E-state index >= 15 is 0 Å². The molecule has 1 heterocycles. The maximum absolute atomic E-state index is 13.7. The van der Waals surface area contributed by atoms with E-state index in [1.807, 2.05) is 32.8 Å². The van der Waals surface area contributed by atoms with Gasteiger partial charge in [0.25, 0.3) is 5.69 Å². The van der Waals surface area contributed by atoms with Crippen LogP contribution in [0.1, 0.15) is 69.4 Å². The average molecular weight is 490 g/mol. The third-order valence-corrected chi connectivity index (χ3v) is 8.37. The van der Waals surface area contributed by atoms with E-state index in [1.165, 1.54) is 12.1 Å². The molecule has 0 aromatic heterocycles. The molecule has 34 heavy (non-hydrogen) atoms. The van der Waals surface area contributed by atoms with Crippen molar-refractivity contribution >= 4 is 21.4 Å². The highest BCUT2D eigenvalue weighted by atomic mass is 32.2. The fourth-order valence-corrected chi connectivity index (χ4v) is 6.59. The van der Waals surface area contributed by atoms with E-state index in [1.54, 1.807) is 30.3 Å². The SMILES string of the molecule is CCCCC1(CCCC)NS(=O)(=O)c2ccc(N(C)C)cc2C(c2cccc([N+](=O)[O-])c2)C1O. The van der Waals surface area contributed by atoms with Gasteiger partial charge in [-0.05, 0) is 42.2 Å². The van der Waals surface area contributed by atoms with Gasteiger partial charge in [-0.1, -0.05) is 51.7 Å². The number of nitro groups is 1. The van der Waals surface area contributed by atoms with Crippen LogP contribution < -0.4 is 9.62 Å². The summed E-state index contributed by atoms with van der Waals surface area (Å²) in [5.41, 5.74) is 0.572. The molecule has 0 saturated carbocycles. The third-order valence-electron chi connectivity index (χ3n) is 6.75. The van der Waals surface area contributed by atoms with Gasteiger partial charge < -0.3 is 10.0 Å². The van der Waals surface area contributed by atoms with Gasteiger partial charge in [0, 0.05) is 37.8 Å². The molecule has 1 aliphatic rings. The Labute approximate surface area is 202 Å². The maximum Gasteiger partial charge on any atom is 0.269 e. The summed E-state index contributed by atoms with van der Waals surface area (Å²) in [6.45, 7) is 4.06. The number of anilines is 1. The maximum atomic E-state index is 13.7. The Morgan fingerprint density at radius 3 is 2.29 bits per heavy atom. The summed E-state index contributed by atoms with van der Waals surface area (Å²) in [5, 5.41) is 23.5. The van der Waals surface area contributed by atoms with Gasteiger partial charge in [-0.15, -0.1) is 0 Å². The molecule has 1 aliphatic heterocycles. The Kier molecular flexibility index (Phi) is 8.00. The lowest BCUT2D eigenvalue weighted by molar-refractivity contribution is -0.384. The first-order chi connectivity index (χ1) is 16.1. The summed E-state index contributed by atoms with van der Waals surface area (Å²) in [7, 11) is -0.236. The predicted octanol–water partition coefficient (Wildman–Crippen LogP) is 4.56. The standard InChI is InChI=1S/C25H35N3O5S/c1-5-7-14-25(15-8-6-2)24(29)23(18-10-9-11-20(16-18)28(30)31)21-17-19(27(3)4)12-13-22(21)34(32,33)26-25/h9-13,16-17,23-24,26,29H,5-8,14-15H2,1-4H3. The minimum atomic E-state index is -3.95. The van der Waals surface area contributed by atoms with Crippen molar-refractivity contribution in [2.45, 2.75) is 74.8 Å². The van der Waals surface area contributed by atoms with Gasteiger partial charge in [-0.2, -0.15) is 0 Å². The normalized spacial score (nSPS) is 20.9. The molecule has 0 saturated heterocycles. The Balaban J connectivity index is 2.34. The summed E-state index contributed by atoms with van der Waals surface area (Å²) in [4.78, 5) is 13.0. The predicted molar refractivity (Wildman–Crippen MR) is 134 cm³/mol. The van der Waals surface area contributed by atoms with E-state index < -0.39 is 32.5 Å². The van der Waals surface area contributed by atoms with Gasteiger partial charge in [0.1, 0.15) is 0 Å². The number of nitrogens with zero attached hydrogens (tertiary/aromatic N) is 2. The Morgan fingerprint density at radius 2 is 1.74 bits per heavy atom. The minimum absolute atomic E-state index is 0.0946. The zero-order valence-corrected chi connectivity index (χ0v) is 21.1. The van der Waals surface area contributed by atoms with E-state index in [9.17, 15) is 23.6 Å². The van der Waals surface area contributed by atoms with E-state index in [0.29, 0.717) is 24.0 Å². The molecule has 0 aliphatic carbocycles. The lowest BCUT2D eigenvalue weighted by atomic mass is 9.73. The van der Waals surface area contributed by atoms with Crippen LogP contribution in [0, 0.1) is 10.1 Å². The number of rotatable bonds is 9. The van der Waals surface area contributed by atoms with E-state index in [2.05, 4.69) is 4.72 Å². The second-order valence-electron chi connectivity index (χ2n) is 9.36. The van der Waals surface area contributed by atoms with Crippen molar-refractivity contribution in [3.63, 3.8) is 0 Å². The topological polar surface area (TPSA) is 113 Å². The van der Waals surface area contributed by atoms with Crippen LogP contribution in [0.15, 0.2) is 47.4 Å². The number of hydrogen-bond acceptors (Lipinski definition) is 6. The summed E-state index contributed by atoms with van der Waals surface area (Å²) < 4.78 is 30.2. The van der Waals surface area contributed by atoms with Crippen LogP contribution in [0.25, 0.3) is 0 Å².